The van der Waals surface area contributed by atoms with Gasteiger partial charge in [0.25, 0.3) is 5.91 Å². The Labute approximate surface area is 150 Å². The van der Waals surface area contributed by atoms with Crippen LogP contribution in [0.2, 0.25) is 0 Å². The van der Waals surface area contributed by atoms with Crippen LogP contribution in [-0.2, 0) is 6.54 Å². The van der Waals surface area contributed by atoms with Crippen molar-refractivity contribution in [2.45, 2.75) is 25.3 Å². The van der Waals surface area contributed by atoms with Crippen LogP contribution in [0.15, 0.2) is 47.7 Å². The maximum absolute atomic E-state index is 12.6. The minimum absolute atomic E-state index is 0.0220. The van der Waals surface area contributed by atoms with E-state index >= 15 is 0 Å². The number of hydrogen-bond donors (Lipinski definition) is 0. The molecule has 1 aliphatic rings. The van der Waals surface area contributed by atoms with Gasteiger partial charge in [-0.05, 0) is 25.0 Å². The van der Waals surface area contributed by atoms with Gasteiger partial charge in [0.05, 0.1) is 17.7 Å². The first kappa shape index (κ1) is 16.0. The van der Waals surface area contributed by atoms with E-state index in [1.165, 1.54) is 11.3 Å². The van der Waals surface area contributed by atoms with E-state index in [9.17, 15) is 4.79 Å². The lowest BCUT2D eigenvalue weighted by atomic mass is 9.97. The molecule has 0 unspecified atom stereocenters. The Bertz CT molecular complexity index is 830. The van der Waals surface area contributed by atoms with Gasteiger partial charge in [0.1, 0.15) is 11.5 Å². The van der Waals surface area contributed by atoms with E-state index in [1.54, 1.807) is 11.7 Å². The number of imidazole rings is 1. The molecule has 25 heavy (non-hydrogen) atoms. The van der Waals surface area contributed by atoms with Crippen LogP contribution >= 0.6 is 11.3 Å². The van der Waals surface area contributed by atoms with Gasteiger partial charge in [-0.1, -0.05) is 6.07 Å². The van der Waals surface area contributed by atoms with Gasteiger partial charge in [0, 0.05) is 43.0 Å². The molecule has 1 fully saturated rings. The van der Waals surface area contributed by atoms with E-state index in [0.717, 1.165) is 30.9 Å². The Hall–Kier alpha value is -2.54. The highest BCUT2D eigenvalue weighted by Crippen LogP contribution is 2.27. The average molecular weight is 353 g/mol. The molecular formula is C18H19N5OS. The second-order valence-electron chi connectivity index (χ2n) is 6.20. The van der Waals surface area contributed by atoms with Crippen LogP contribution < -0.4 is 0 Å². The van der Waals surface area contributed by atoms with Crippen molar-refractivity contribution in [3.8, 4) is 0 Å². The summed E-state index contributed by atoms with van der Waals surface area (Å²) in [5.74, 6) is 1.30. The first-order chi connectivity index (χ1) is 12.3. The zero-order chi connectivity index (χ0) is 17.1. The molecule has 6 nitrogen and oxygen atoms in total. The number of thiazole rings is 1. The molecule has 128 valence electrons. The molecule has 1 saturated heterocycles. The van der Waals surface area contributed by atoms with Gasteiger partial charge >= 0.3 is 0 Å². The number of nitrogens with zero attached hydrogens (tertiary/aromatic N) is 5. The van der Waals surface area contributed by atoms with E-state index in [2.05, 4.69) is 19.5 Å². The standard InChI is InChI=1S/C18H19N5OS/c24-18(16-12-25-13-21-16)23-8-3-4-14(10-23)17-20-7-9-22(17)11-15-5-1-2-6-19-15/h1-2,5-7,9,12-14H,3-4,8,10-11H2/t14-/m1/s1. The first-order valence-corrected chi connectivity index (χ1v) is 9.34. The summed E-state index contributed by atoms with van der Waals surface area (Å²) < 4.78 is 2.14. The minimum Gasteiger partial charge on any atom is -0.337 e. The predicted molar refractivity (Wildman–Crippen MR) is 95.6 cm³/mol. The molecule has 7 heteroatoms. The minimum atomic E-state index is 0.0220. The van der Waals surface area contributed by atoms with Crippen LogP contribution in [-0.4, -0.2) is 43.4 Å². The highest BCUT2D eigenvalue weighted by Gasteiger charge is 2.28. The van der Waals surface area contributed by atoms with Gasteiger partial charge in [-0.15, -0.1) is 11.3 Å². The molecular weight excluding hydrogens is 334 g/mol. The highest BCUT2D eigenvalue weighted by molar-refractivity contribution is 7.07. The first-order valence-electron chi connectivity index (χ1n) is 8.39. The number of carbonyl (C=O) groups excluding carboxylic acids is 1. The maximum atomic E-state index is 12.6. The van der Waals surface area contributed by atoms with Gasteiger partial charge in [0.15, 0.2) is 0 Å². The summed E-state index contributed by atoms with van der Waals surface area (Å²) in [6.45, 7) is 2.18. The normalized spacial score (nSPS) is 17.6. The fourth-order valence-electron chi connectivity index (χ4n) is 3.33. The number of amides is 1. The average Bonchev–Trinajstić information content (AvgIpc) is 3.34. The maximum Gasteiger partial charge on any atom is 0.273 e. The van der Waals surface area contributed by atoms with Crippen molar-refractivity contribution in [2.75, 3.05) is 13.1 Å². The van der Waals surface area contributed by atoms with Crippen molar-refractivity contribution in [3.05, 3.63) is 64.9 Å². The molecule has 4 heterocycles. The summed E-state index contributed by atoms with van der Waals surface area (Å²) in [6.07, 6.45) is 7.66. The Morgan fingerprint density at radius 3 is 3.00 bits per heavy atom. The molecule has 0 N–H and O–H groups in total. The summed E-state index contributed by atoms with van der Waals surface area (Å²) in [6, 6.07) is 5.93. The molecule has 0 aromatic carbocycles. The van der Waals surface area contributed by atoms with Crippen LogP contribution in [0.3, 0.4) is 0 Å². The van der Waals surface area contributed by atoms with E-state index < -0.39 is 0 Å². The molecule has 4 rings (SSSR count). The molecule has 0 bridgehead atoms. The van der Waals surface area contributed by atoms with Crippen molar-refractivity contribution in [2.24, 2.45) is 0 Å². The van der Waals surface area contributed by atoms with Crippen LogP contribution in [0.4, 0.5) is 0 Å². The number of pyridine rings is 1. The smallest absolute Gasteiger partial charge is 0.273 e. The number of likely N-dealkylation sites (tertiary alicyclic amines) is 1. The summed E-state index contributed by atoms with van der Waals surface area (Å²) >= 11 is 1.45. The Balaban J connectivity index is 1.50. The van der Waals surface area contributed by atoms with Gasteiger partial charge < -0.3 is 9.47 Å². The second-order valence-corrected chi connectivity index (χ2v) is 6.92. The fraction of sp³-hybridized carbons (Fsp3) is 0.333. The molecule has 3 aromatic rings. The van der Waals surface area contributed by atoms with Gasteiger partial charge in [-0.3, -0.25) is 9.78 Å². The lowest BCUT2D eigenvalue weighted by Gasteiger charge is -2.32. The molecule has 1 aliphatic heterocycles. The molecule has 0 aliphatic carbocycles. The zero-order valence-corrected chi connectivity index (χ0v) is 14.6. The van der Waals surface area contributed by atoms with Crippen molar-refractivity contribution in [3.63, 3.8) is 0 Å². The number of piperidine rings is 1. The van der Waals surface area contributed by atoms with Crippen LogP contribution in [0, 0.1) is 0 Å². The van der Waals surface area contributed by atoms with E-state index in [-0.39, 0.29) is 11.8 Å². The lowest BCUT2D eigenvalue weighted by molar-refractivity contribution is 0.0698. The summed E-state index contributed by atoms with van der Waals surface area (Å²) in [5.41, 5.74) is 3.25. The van der Waals surface area contributed by atoms with Gasteiger partial charge in [0.2, 0.25) is 0 Å². The molecule has 0 radical (unpaired) electrons. The third kappa shape index (κ3) is 3.46. The van der Waals surface area contributed by atoms with Crippen molar-refractivity contribution >= 4 is 17.2 Å². The van der Waals surface area contributed by atoms with E-state index in [0.29, 0.717) is 18.8 Å². The number of hydrogen-bond acceptors (Lipinski definition) is 5. The lowest BCUT2D eigenvalue weighted by Crippen LogP contribution is -2.40. The van der Waals surface area contributed by atoms with Crippen molar-refractivity contribution < 1.29 is 4.79 Å². The molecule has 0 spiro atoms. The summed E-state index contributed by atoms with van der Waals surface area (Å²) in [5, 5.41) is 1.81. The van der Waals surface area contributed by atoms with Crippen molar-refractivity contribution in [1.29, 1.82) is 0 Å². The van der Waals surface area contributed by atoms with Gasteiger partial charge in [-0.25, -0.2) is 9.97 Å². The number of rotatable bonds is 4. The third-order valence-corrected chi connectivity index (χ3v) is 5.12. The summed E-state index contributed by atoms with van der Waals surface area (Å²) in [4.78, 5) is 27.6. The predicted octanol–water partition coefficient (Wildman–Crippen LogP) is 2.80. The molecule has 0 saturated carbocycles. The Morgan fingerprint density at radius 1 is 1.24 bits per heavy atom. The molecule has 3 aromatic heterocycles. The molecule has 1 atom stereocenters. The number of carbonyl (C=O) groups is 1. The van der Waals surface area contributed by atoms with E-state index in [1.807, 2.05) is 40.9 Å². The van der Waals surface area contributed by atoms with Crippen LogP contribution in [0.25, 0.3) is 0 Å². The fourth-order valence-corrected chi connectivity index (χ4v) is 3.86. The molecule has 1 amide bonds. The Morgan fingerprint density at radius 2 is 2.20 bits per heavy atom. The van der Waals surface area contributed by atoms with Crippen LogP contribution in [0.5, 0.6) is 0 Å². The van der Waals surface area contributed by atoms with Crippen molar-refractivity contribution in [1.82, 2.24) is 24.4 Å². The monoisotopic (exact) mass is 353 g/mol. The summed E-state index contributed by atoms with van der Waals surface area (Å²) in [7, 11) is 0. The Kier molecular flexibility index (Phi) is 4.56. The largest absolute Gasteiger partial charge is 0.337 e. The highest BCUT2D eigenvalue weighted by atomic mass is 32.1. The number of aromatic nitrogens is 4. The van der Waals surface area contributed by atoms with Gasteiger partial charge in [-0.2, -0.15) is 0 Å². The third-order valence-electron chi connectivity index (χ3n) is 4.53. The topological polar surface area (TPSA) is 63.9 Å². The van der Waals surface area contributed by atoms with E-state index in [4.69, 9.17) is 0 Å². The van der Waals surface area contributed by atoms with Crippen LogP contribution in [0.1, 0.15) is 40.8 Å². The SMILES string of the molecule is O=C(c1cscn1)N1CCC[C@@H](c2nccn2Cc2ccccn2)C1. The quantitative estimate of drug-likeness (QED) is 0.723. The second kappa shape index (κ2) is 7.14. The zero-order valence-electron chi connectivity index (χ0n) is 13.8.